The number of rotatable bonds is 7. The van der Waals surface area contributed by atoms with Crippen LogP contribution in [0.4, 0.5) is 0 Å². The maximum Gasteiger partial charge on any atom is 0.251 e. The SMILES string of the molecule is O=C(NCc1ccccc1Cn1cccn1)c1ccc(CN2CCCC2=O)cc1. The summed E-state index contributed by atoms with van der Waals surface area (Å²) in [6, 6.07) is 17.4. The van der Waals surface area contributed by atoms with Gasteiger partial charge in [0.25, 0.3) is 5.91 Å². The van der Waals surface area contributed by atoms with Crippen molar-refractivity contribution in [3.63, 3.8) is 0 Å². The van der Waals surface area contributed by atoms with Gasteiger partial charge in [-0.2, -0.15) is 5.10 Å². The molecule has 2 amide bonds. The van der Waals surface area contributed by atoms with E-state index >= 15 is 0 Å². The number of carbonyl (C=O) groups excluding carboxylic acids is 2. The Morgan fingerprint density at radius 1 is 1.00 bits per heavy atom. The molecule has 0 unspecified atom stereocenters. The van der Waals surface area contributed by atoms with E-state index in [9.17, 15) is 9.59 Å². The predicted octanol–water partition coefficient (Wildman–Crippen LogP) is 2.98. The van der Waals surface area contributed by atoms with Crippen LogP contribution in [-0.2, 0) is 24.4 Å². The lowest BCUT2D eigenvalue weighted by atomic mass is 10.1. The van der Waals surface area contributed by atoms with E-state index in [4.69, 9.17) is 0 Å². The van der Waals surface area contributed by atoms with E-state index < -0.39 is 0 Å². The Kier molecular flexibility index (Phi) is 5.70. The first-order valence-electron chi connectivity index (χ1n) is 9.88. The highest BCUT2D eigenvalue weighted by Crippen LogP contribution is 2.15. The summed E-state index contributed by atoms with van der Waals surface area (Å²) in [5, 5.41) is 7.25. The molecule has 0 atom stereocenters. The summed E-state index contributed by atoms with van der Waals surface area (Å²) < 4.78 is 1.87. The molecule has 1 saturated heterocycles. The fraction of sp³-hybridized carbons (Fsp3) is 0.261. The topological polar surface area (TPSA) is 67.2 Å². The van der Waals surface area contributed by atoms with E-state index in [1.165, 1.54) is 0 Å². The monoisotopic (exact) mass is 388 g/mol. The van der Waals surface area contributed by atoms with E-state index in [1.807, 2.05) is 64.3 Å². The van der Waals surface area contributed by atoms with Crippen LogP contribution in [0, 0.1) is 0 Å². The Bertz CT molecular complexity index is 980. The lowest BCUT2D eigenvalue weighted by Gasteiger charge is -2.15. The summed E-state index contributed by atoms with van der Waals surface area (Å²) in [5.41, 5.74) is 3.86. The predicted molar refractivity (Wildman–Crippen MR) is 110 cm³/mol. The van der Waals surface area contributed by atoms with Gasteiger partial charge in [0.05, 0.1) is 6.54 Å². The third-order valence-corrected chi connectivity index (χ3v) is 5.21. The second-order valence-electron chi connectivity index (χ2n) is 7.27. The molecule has 1 N–H and O–H groups in total. The average molecular weight is 388 g/mol. The van der Waals surface area contributed by atoms with Gasteiger partial charge in [0, 0.05) is 44.0 Å². The second kappa shape index (κ2) is 8.73. The molecule has 0 aliphatic carbocycles. The molecule has 6 nitrogen and oxygen atoms in total. The van der Waals surface area contributed by atoms with Gasteiger partial charge in [-0.05, 0) is 41.3 Å². The number of nitrogens with zero attached hydrogens (tertiary/aromatic N) is 3. The van der Waals surface area contributed by atoms with Crippen molar-refractivity contribution in [1.82, 2.24) is 20.0 Å². The average Bonchev–Trinajstić information content (AvgIpc) is 3.40. The molecule has 2 heterocycles. The van der Waals surface area contributed by atoms with Crippen LogP contribution < -0.4 is 5.32 Å². The van der Waals surface area contributed by atoms with E-state index in [0.29, 0.717) is 31.6 Å². The Hall–Kier alpha value is -3.41. The summed E-state index contributed by atoms with van der Waals surface area (Å²) >= 11 is 0. The van der Waals surface area contributed by atoms with Crippen LogP contribution in [0.15, 0.2) is 67.0 Å². The van der Waals surface area contributed by atoms with Crippen LogP contribution in [0.25, 0.3) is 0 Å². The minimum Gasteiger partial charge on any atom is -0.348 e. The lowest BCUT2D eigenvalue weighted by molar-refractivity contribution is -0.128. The highest BCUT2D eigenvalue weighted by atomic mass is 16.2. The van der Waals surface area contributed by atoms with Crippen molar-refractivity contribution in [2.45, 2.75) is 32.5 Å². The van der Waals surface area contributed by atoms with Crippen molar-refractivity contribution < 1.29 is 9.59 Å². The number of benzene rings is 2. The Morgan fingerprint density at radius 3 is 2.48 bits per heavy atom. The summed E-state index contributed by atoms with van der Waals surface area (Å²) in [5.74, 6) is 0.100. The highest BCUT2D eigenvalue weighted by molar-refractivity contribution is 5.94. The zero-order valence-electron chi connectivity index (χ0n) is 16.3. The van der Waals surface area contributed by atoms with Crippen molar-refractivity contribution >= 4 is 11.8 Å². The number of aromatic nitrogens is 2. The Balaban J connectivity index is 1.36. The zero-order chi connectivity index (χ0) is 20.1. The first kappa shape index (κ1) is 18.9. The van der Waals surface area contributed by atoms with Crippen molar-refractivity contribution in [3.05, 3.63) is 89.2 Å². The number of likely N-dealkylation sites (tertiary alicyclic amines) is 1. The molecule has 1 aliphatic rings. The maximum absolute atomic E-state index is 12.6. The van der Waals surface area contributed by atoms with E-state index in [1.54, 1.807) is 6.20 Å². The first-order chi connectivity index (χ1) is 14.2. The second-order valence-corrected chi connectivity index (χ2v) is 7.27. The first-order valence-corrected chi connectivity index (χ1v) is 9.88. The van der Waals surface area contributed by atoms with Crippen LogP contribution in [0.2, 0.25) is 0 Å². The van der Waals surface area contributed by atoms with Gasteiger partial charge in [-0.15, -0.1) is 0 Å². The van der Waals surface area contributed by atoms with Gasteiger partial charge in [-0.25, -0.2) is 0 Å². The van der Waals surface area contributed by atoms with Gasteiger partial charge in [0.2, 0.25) is 5.91 Å². The van der Waals surface area contributed by atoms with Crippen LogP contribution in [0.3, 0.4) is 0 Å². The third kappa shape index (κ3) is 4.71. The Labute approximate surface area is 170 Å². The van der Waals surface area contributed by atoms with Crippen molar-refractivity contribution in [2.24, 2.45) is 0 Å². The van der Waals surface area contributed by atoms with Gasteiger partial charge in [0.1, 0.15) is 0 Å². The molecule has 1 aromatic heterocycles. The molecule has 0 spiro atoms. The Morgan fingerprint density at radius 2 is 1.79 bits per heavy atom. The largest absolute Gasteiger partial charge is 0.348 e. The molecule has 3 aromatic rings. The van der Waals surface area contributed by atoms with E-state index in [0.717, 1.165) is 29.7 Å². The fourth-order valence-corrected chi connectivity index (χ4v) is 3.58. The molecule has 29 heavy (non-hydrogen) atoms. The van der Waals surface area contributed by atoms with Crippen molar-refractivity contribution in [3.8, 4) is 0 Å². The highest BCUT2D eigenvalue weighted by Gasteiger charge is 2.20. The van der Waals surface area contributed by atoms with Gasteiger partial charge < -0.3 is 10.2 Å². The number of hydrogen-bond donors (Lipinski definition) is 1. The molecule has 0 saturated carbocycles. The standard InChI is InChI=1S/C23H24N4O2/c28-22-7-3-13-26(22)16-18-8-10-19(11-9-18)23(29)24-15-20-5-1-2-6-21(20)17-27-14-4-12-25-27/h1-2,4-6,8-12,14H,3,7,13,15-17H2,(H,24,29). The third-order valence-electron chi connectivity index (χ3n) is 5.21. The fourth-order valence-electron chi connectivity index (χ4n) is 3.58. The molecule has 2 aromatic carbocycles. The summed E-state index contributed by atoms with van der Waals surface area (Å²) in [7, 11) is 0. The molecule has 0 bridgehead atoms. The normalized spacial score (nSPS) is 13.7. The summed E-state index contributed by atoms with van der Waals surface area (Å²) in [4.78, 5) is 26.2. The van der Waals surface area contributed by atoms with Crippen LogP contribution >= 0.6 is 0 Å². The number of nitrogens with one attached hydrogen (secondary N) is 1. The smallest absolute Gasteiger partial charge is 0.251 e. The molecule has 4 rings (SSSR count). The van der Waals surface area contributed by atoms with Crippen LogP contribution in [0.5, 0.6) is 0 Å². The summed E-state index contributed by atoms with van der Waals surface area (Å²) in [6.07, 6.45) is 5.25. The quantitative estimate of drug-likeness (QED) is 0.677. The van der Waals surface area contributed by atoms with Gasteiger partial charge in [-0.1, -0.05) is 36.4 Å². The zero-order valence-corrected chi connectivity index (χ0v) is 16.3. The van der Waals surface area contributed by atoms with Crippen LogP contribution in [0.1, 0.15) is 39.9 Å². The molecular weight excluding hydrogens is 364 g/mol. The molecule has 6 heteroatoms. The molecule has 148 valence electrons. The number of carbonyl (C=O) groups is 2. The van der Waals surface area contributed by atoms with Gasteiger partial charge >= 0.3 is 0 Å². The van der Waals surface area contributed by atoms with E-state index in [2.05, 4.69) is 16.5 Å². The van der Waals surface area contributed by atoms with Gasteiger partial charge in [-0.3, -0.25) is 14.3 Å². The molecule has 1 fully saturated rings. The lowest BCUT2D eigenvalue weighted by Crippen LogP contribution is -2.25. The van der Waals surface area contributed by atoms with Crippen molar-refractivity contribution in [2.75, 3.05) is 6.54 Å². The molecular formula is C23H24N4O2. The molecule has 1 aliphatic heterocycles. The molecule has 0 radical (unpaired) electrons. The van der Waals surface area contributed by atoms with Gasteiger partial charge in [0.15, 0.2) is 0 Å². The number of amides is 2. The summed E-state index contributed by atoms with van der Waals surface area (Å²) in [6.45, 7) is 2.56. The van der Waals surface area contributed by atoms with Crippen LogP contribution in [-0.4, -0.2) is 33.0 Å². The minimum absolute atomic E-state index is 0.109. The van der Waals surface area contributed by atoms with E-state index in [-0.39, 0.29) is 11.8 Å². The van der Waals surface area contributed by atoms with Crippen molar-refractivity contribution in [1.29, 1.82) is 0 Å². The number of hydrogen-bond acceptors (Lipinski definition) is 3. The minimum atomic E-state index is -0.109. The maximum atomic E-state index is 12.6.